The van der Waals surface area contributed by atoms with Crippen molar-refractivity contribution in [3.8, 4) is 0 Å². The average molecular weight is 527 g/mol. The molecule has 0 aromatic rings. The number of amides is 3. The van der Waals surface area contributed by atoms with Crippen LogP contribution in [0.4, 0.5) is 4.79 Å². The summed E-state index contributed by atoms with van der Waals surface area (Å²) in [6, 6.07) is -0.792. The van der Waals surface area contributed by atoms with Crippen LogP contribution in [0.15, 0.2) is 0 Å². The van der Waals surface area contributed by atoms with Crippen LogP contribution in [0.1, 0.15) is 111 Å². The monoisotopic (exact) mass is 526 g/mol. The molecule has 1 saturated heterocycles. The van der Waals surface area contributed by atoms with E-state index >= 15 is 0 Å². The van der Waals surface area contributed by atoms with Gasteiger partial charge in [-0.25, -0.2) is 9.80 Å². The van der Waals surface area contributed by atoms with E-state index in [-0.39, 0.29) is 24.5 Å². The molecule has 0 unspecified atom stereocenters. The Morgan fingerprint density at radius 1 is 1.05 bits per heavy atom. The molecule has 0 radical (unpaired) electrons. The van der Waals surface area contributed by atoms with Crippen molar-refractivity contribution in [3.05, 3.63) is 0 Å². The number of rotatable bonds is 14. The number of carbonyl (C=O) groups excluding carboxylic acids is 3. The van der Waals surface area contributed by atoms with Gasteiger partial charge in [-0.3, -0.25) is 15.0 Å². The second-order valence-corrected chi connectivity index (χ2v) is 10.2. The number of hydrogen-bond donors (Lipinski definition) is 3. The van der Waals surface area contributed by atoms with Crippen molar-refractivity contribution < 1.29 is 24.2 Å². The SMILES string of the molecule is CCCCN(NC(=O)[C@H](CCC)N1CC[C@@H](NCCCC2CCCCC2)C1=O)C(=O)OCC.CCCO. The maximum Gasteiger partial charge on any atom is 0.428 e. The quantitative estimate of drug-likeness (QED) is 0.229. The van der Waals surface area contributed by atoms with E-state index in [0.717, 1.165) is 44.6 Å². The van der Waals surface area contributed by atoms with Gasteiger partial charge < -0.3 is 20.1 Å². The fourth-order valence-electron chi connectivity index (χ4n) is 4.96. The first-order chi connectivity index (χ1) is 17.9. The smallest absolute Gasteiger partial charge is 0.428 e. The molecule has 37 heavy (non-hydrogen) atoms. The highest BCUT2D eigenvalue weighted by atomic mass is 16.6. The minimum Gasteiger partial charge on any atom is -0.448 e. The first kappa shape index (κ1) is 33.2. The topological polar surface area (TPSA) is 111 Å². The number of aliphatic hydroxyl groups is 1. The van der Waals surface area contributed by atoms with Gasteiger partial charge >= 0.3 is 6.09 Å². The van der Waals surface area contributed by atoms with Crippen LogP contribution in [0.25, 0.3) is 0 Å². The normalized spacial score (nSPS) is 18.7. The number of nitrogens with one attached hydrogen (secondary N) is 2. The number of nitrogens with zero attached hydrogens (tertiary/aromatic N) is 2. The van der Waals surface area contributed by atoms with Gasteiger partial charge in [-0.1, -0.05) is 65.7 Å². The molecule has 0 bridgehead atoms. The van der Waals surface area contributed by atoms with Gasteiger partial charge in [0.2, 0.25) is 5.91 Å². The predicted molar refractivity (Wildman–Crippen MR) is 147 cm³/mol. The van der Waals surface area contributed by atoms with Crippen molar-refractivity contribution >= 4 is 17.9 Å². The summed E-state index contributed by atoms with van der Waals surface area (Å²) in [5, 5.41) is 12.6. The van der Waals surface area contributed by atoms with Crippen LogP contribution >= 0.6 is 0 Å². The molecule has 1 aliphatic carbocycles. The van der Waals surface area contributed by atoms with Gasteiger partial charge in [-0.15, -0.1) is 0 Å². The van der Waals surface area contributed by atoms with Gasteiger partial charge in [0.25, 0.3) is 5.91 Å². The third-order valence-electron chi connectivity index (χ3n) is 7.08. The summed E-state index contributed by atoms with van der Waals surface area (Å²) >= 11 is 0. The molecule has 0 aromatic carbocycles. The lowest BCUT2D eigenvalue weighted by Crippen LogP contribution is -2.55. The summed E-state index contributed by atoms with van der Waals surface area (Å²) in [5.41, 5.74) is 2.73. The molecule has 0 aromatic heterocycles. The van der Waals surface area contributed by atoms with Crippen LogP contribution in [0, 0.1) is 5.92 Å². The van der Waals surface area contributed by atoms with Crippen LogP contribution in [0.2, 0.25) is 0 Å². The molecule has 0 spiro atoms. The summed E-state index contributed by atoms with van der Waals surface area (Å²) in [4.78, 5) is 40.2. The summed E-state index contributed by atoms with van der Waals surface area (Å²) in [6.45, 7) is 10.1. The highest BCUT2D eigenvalue weighted by Crippen LogP contribution is 2.27. The van der Waals surface area contributed by atoms with Crippen molar-refractivity contribution in [2.24, 2.45) is 5.92 Å². The van der Waals surface area contributed by atoms with Crippen LogP contribution in [-0.4, -0.2) is 77.9 Å². The van der Waals surface area contributed by atoms with Gasteiger partial charge in [-0.2, -0.15) is 0 Å². The minimum absolute atomic E-state index is 0.00231. The van der Waals surface area contributed by atoms with Crippen molar-refractivity contribution in [1.82, 2.24) is 20.7 Å². The first-order valence-electron chi connectivity index (χ1n) is 14.8. The number of ether oxygens (including phenoxy) is 1. The predicted octanol–water partition coefficient (Wildman–Crippen LogP) is 4.38. The van der Waals surface area contributed by atoms with Crippen LogP contribution < -0.4 is 10.7 Å². The maximum atomic E-state index is 13.1. The van der Waals surface area contributed by atoms with Gasteiger partial charge in [0.1, 0.15) is 6.04 Å². The molecule has 2 aliphatic rings. The molecular weight excluding hydrogens is 472 g/mol. The minimum atomic E-state index is -0.574. The number of likely N-dealkylation sites (tertiary alicyclic amines) is 1. The fourth-order valence-corrected chi connectivity index (χ4v) is 4.96. The molecule has 9 nitrogen and oxygen atoms in total. The van der Waals surface area contributed by atoms with Crippen LogP contribution in [0.3, 0.4) is 0 Å². The Balaban J connectivity index is 0.00000159. The zero-order chi connectivity index (χ0) is 27.5. The molecule has 2 fully saturated rings. The maximum absolute atomic E-state index is 13.1. The summed E-state index contributed by atoms with van der Waals surface area (Å²) in [7, 11) is 0. The Hall–Kier alpha value is -1.87. The second-order valence-electron chi connectivity index (χ2n) is 10.2. The first-order valence-corrected chi connectivity index (χ1v) is 14.8. The van der Waals surface area contributed by atoms with E-state index < -0.39 is 12.1 Å². The third-order valence-corrected chi connectivity index (χ3v) is 7.08. The van der Waals surface area contributed by atoms with Crippen molar-refractivity contribution in [3.63, 3.8) is 0 Å². The van der Waals surface area contributed by atoms with Gasteiger partial charge in [0.05, 0.1) is 12.6 Å². The second kappa shape index (κ2) is 20.1. The highest BCUT2D eigenvalue weighted by molar-refractivity contribution is 5.91. The van der Waals surface area contributed by atoms with E-state index in [1.165, 1.54) is 43.5 Å². The summed E-state index contributed by atoms with van der Waals surface area (Å²) < 4.78 is 5.09. The fraction of sp³-hybridized carbons (Fsp3) is 0.893. The molecule has 3 N–H and O–H groups in total. The van der Waals surface area contributed by atoms with Gasteiger partial charge in [0.15, 0.2) is 0 Å². The van der Waals surface area contributed by atoms with E-state index in [9.17, 15) is 14.4 Å². The molecular formula is C28H54N4O5. The zero-order valence-corrected chi connectivity index (χ0v) is 23.9. The van der Waals surface area contributed by atoms with E-state index in [2.05, 4.69) is 10.7 Å². The number of aliphatic hydroxyl groups excluding tert-OH is 1. The largest absolute Gasteiger partial charge is 0.448 e. The number of hydrazine groups is 1. The number of unbranched alkanes of at least 4 members (excludes halogenated alkanes) is 1. The summed E-state index contributed by atoms with van der Waals surface area (Å²) in [5.74, 6) is 0.536. The van der Waals surface area contributed by atoms with Gasteiger partial charge in [0, 0.05) is 19.7 Å². The van der Waals surface area contributed by atoms with Crippen LogP contribution in [0.5, 0.6) is 0 Å². The molecule has 1 saturated carbocycles. The van der Waals surface area contributed by atoms with Crippen molar-refractivity contribution in [2.45, 2.75) is 123 Å². The lowest BCUT2D eigenvalue weighted by molar-refractivity contribution is -0.140. The Morgan fingerprint density at radius 2 is 1.76 bits per heavy atom. The number of carbonyl (C=O) groups is 3. The Bertz CT molecular complexity index is 640. The van der Waals surface area contributed by atoms with E-state index in [4.69, 9.17) is 9.84 Å². The molecule has 9 heteroatoms. The molecule has 1 heterocycles. The zero-order valence-electron chi connectivity index (χ0n) is 23.9. The van der Waals surface area contributed by atoms with E-state index in [0.29, 0.717) is 32.5 Å². The summed E-state index contributed by atoms with van der Waals surface area (Å²) in [6.07, 6.45) is 13.2. The van der Waals surface area contributed by atoms with Crippen molar-refractivity contribution in [2.75, 3.05) is 32.8 Å². The lowest BCUT2D eigenvalue weighted by Gasteiger charge is -2.30. The molecule has 216 valence electrons. The Kier molecular flexibility index (Phi) is 18.0. The number of hydrogen-bond acceptors (Lipinski definition) is 6. The van der Waals surface area contributed by atoms with E-state index in [1.807, 2.05) is 20.8 Å². The molecule has 2 rings (SSSR count). The Labute approximate surface area is 225 Å². The average Bonchev–Trinajstić information content (AvgIpc) is 3.27. The highest BCUT2D eigenvalue weighted by Gasteiger charge is 2.39. The van der Waals surface area contributed by atoms with Gasteiger partial charge in [-0.05, 0) is 57.9 Å². The standard InChI is InChI=1S/C25H46N4O4.C3H8O/c1-4-7-18-29(25(32)33-6-3)27-23(30)22(12-5-2)28-19-16-21(24(28)31)26-17-11-15-20-13-9-8-10-14-20;1-2-3-4/h20-22,26H,4-19H2,1-3H3,(H,27,30);4H,2-3H2,1H3/t21-,22+;/m1./s1. The van der Waals surface area contributed by atoms with E-state index in [1.54, 1.807) is 11.8 Å². The Morgan fingerprint density at radius 3 is 2.35 bits per heavy atom. The van der Waals surface area contributed by atoms with Crippen molar-refractivity contribution in [1.29, 1.82) is 0 Å². The third kappa shape index (κ3) is 12.5. The molecule has 2 atom stereocenters. The van der Waals surface area contributed by atoms with Crippen LogP contribution in [-0.2, 0) is 14.3 Å². The molecule has 1 aliphatic heterocycles. The molecule has 3 amide bonds. The lowest BCUT2D eigenvalue weighted by atomic mass is 9.86.